The van der Waals surface area contributed by atoms with E-state index in [4.69, 9.17) is 0 Å². The van der Waals surface area contributed by atoms with Gasteiger partial charge >= 0.3 is 0 Å². The lowest BCUT2D eigenvalue weighted by Gasteiger charge is -2.20. The Bertz CT molecular complexity index is 686. The highest BCUT2D eigenvalue weighted by molar-refractivity contribution is 9.10. The molecule has 0 aliphatic carbocycles. The van der Waals surface area contributed by atoms with Crippen LogP contribution in [0.4, 0.5) is 0 Å². The van der Waals surface area contributed by atoms with Crippen LogP contribution in [0.2, 0.25) is 0 Å². The lowest BCUT2D eigenvalue weighted by atomic mass is 10.2. The Labute approximate surface area is 147 Å². The van der Waals surface area contributed by atoms with Crippen LogP contribution in [0.1, 0.15) is 15.2 Å². The van der Waals surface area contributed by atoms with Crippen molar-refractivity contribution in [2.24, 2.45) is 0 Å². The molecule has 23 heavy (non-hydrogen) atoms. The molecule has 0 radical (unpaired) electrons. The predicted molar refractivity (Wildman–Crippen MR) is 96.4 cm³/mol. The number of nitrogens with one attached hydrogen (secondary N) is 1. The van der Waals surface area contributed by atoms with E-state index in [0.717, 1.165) is 9.35 Å². The largest absolute Gasteiger partial charge is 0.343 e. The SMILES string of the molecule is C=CCN(Cc1cccs1)C(=O)CNC(=O)c1cccc(Br)c1. The molecule has 0 saturated carbocycles. The molecule has 0 fully saturated rings. The fourth-order valence-electron chi connectivity index (χ4n) is 2.00. The van der Waals surface area contributed by atoms with Crippen molar-refractivity contribution in [3.05, 3.63) is 69.3 Å². The molecule has 0 saturated heterocycles. The van der Waals surface area contributed by atoms with Gasteiger partial charge in [0.15, 0.2) is 0 Å². The van der Waals surface area contributed by atoms with Crippen molar-refractivity contribution >= 4 is 39.1 Å². The smallest absolute Gasteiger partial charge is 0.251 e. The van der Waals surface area contributed by atoms with Gasteiger partial charge in [-0.05, 0) is 29.6 Å². The summed E-state index contributed by atoms with van der Waals surface area (Å²) in [4.78, 5) is 27.2. The third kappa shape index (κ3) is 5.33. The van der Waals surface area contributed by atoms with Gasteiger partial charge in [0.05, 0.1) is 13.1 Å². The first-order chi connectivity index (χ1) is 11.1. The molecule has 1 aromatic carbocycles. The molecule has 1 N–H and O–H groups in total. The minimum Gasteiger partial charge on any atom is -0.343 e. The first kappa shape index (κ1) is 17.4. The Morgan fingerprint density at radius 2 is 2.13 bits per heavy atom. The van der Waals surface area contributed by atoms with Crippen LogP contribution in [0.3, 0.4) is 0 Å². The zero-order valence-corrected chi connectivity index (χ0v) is 14.9. The number of halogens is 1. The van der Waals surface area contributed by atoms with Crippen LogP contribution in [-0.2, 0) is 11.3 Å². The average Bonchev–Trinajstić information content (AvgIpc) is 3.05. The standard InChI is InChI=1S/C17H17BrN2O2S/c1-2-8-20(12-15-7-4-9-23-15)16(21)11-19-17(22)13-5-3-6-14(18)10-13/h2-7,9-10H,1,8,11-12H2,(H,19,22). The molecule has 2 aromatic rings. The number of amides is 2. The van der Waals surface area contributed by atoms with Gasteiger partial charge < -0.3 is 10.2 Å². The Morgan fingerprint density at radius 3 is 2.78 bits per heavy atom. The van der Waals surface area contributed by atoms with Gasteiger partial charge in [-0.2, -0.15) is 0 Å². The number of carbonyl (C=O) groups is 2. The number of nitrogens with zero attached hydrogens (tertiary/aromatic N) is 1. The number of benzene rings is 1. The maximum Gasteiger partial charge on any atom is 0.251 e. The van der Waals surface area contributed by atoms with Crippen LogP contribution in [-0.4, -0.2) is 29.8 Å². The van der Waals surface area contributed by atoms with Crippen molar-refractivity contribution in [1.29, 1.82) is 0 Å². The van der Waals surface area contributed by atoms with Gasteiger partial charge in [-0.15, -0.1) is 17.9 Å². The molecular weight excluding hydrogens is 376 g/mol. The summed E-state index contributed by atoms with van der Waals surface area (Å²) in [5.41, 5.74) is 0.515. The number of hydrogen-bond acceptors (Lipinski definition) is 3. The topological polar surface area (TPSA) is 49.4 Å². The van der Waals surface area contributed by atoms with Crippen LogP contribution < -0.4 is 5.32 Å². The minimum atomic E-state index is -0.269. The molecule has 0 atom stereocenters. The zero-order valence-electron chi connectivity index (χ0n) is 12.5. The van der Waals surface area contributed by atoms with Gasteiger partial charge in [-0.25, -0.2) is 0 Å². The summed E-state index contributed by atoms with van der Waals surface area (Å²) in [6.07, 6.45) is 1.68. The van der Waals surface area contributed by atoms with Gasteiger partial charge in [-0.3, -0.25) is 9.59 Å². The molecule has 0 unspecified atom stereocenters. The van der Waals surface area contributed by atoms with Gasteiger partial charge in [0.2, 0.25) is 5.91 Å². The summed E-state index contributed by atoms with van der Waals surface area (Å²) in [5.74, 6) is -0.407. The van der Waals surface area contributed by atoms with Crippen LogP contribution in [0.5, 0.6) is 0 Å². The van der Waals surface area contributed by atoms with E-state index in [1.54, 1.807) is 40.5 Å². The third-order valence-corrected chi connectivity index (χ3v) is 4.47. The van der Waals surface area contributed by atoms with Crippen molar-refractivity contribution in [1.82, 2.24) is 10.2 Å². The van der Waals surface area contributed by atoms with E-state index in [9.17, 15) is 9.59 Å². The fraction of sp³-hybridized carbons (Fsp3) is 0.176. The molecule has 6 heteroatoms. The fourth-order valence-corrected chi connectivity index (χ4v) is 3.12. The zero-order chi connectivity index (χ0) is 16.7. The van der Waals surface area contributed by atoms with Gasteiger partial charge in [0.25, 0.3) is 5.91 Å². The molecule has 120 valence electrons. The van der Waals surface area contributed by atoms with Crippen molar-refractivity contribution < 1.29 is 9.59 Å². The van der Waals surface area contributed by atoms with Gasteiger partial charge in [-0.1, -0.05) is 34.1 Å². The van der Waals surface area contributed by atoms with Crippen LogP contribution in [0, 0.1) is 0 Å². The van der Waals surface area contributed by atoms with Crippen molar-refractivity contribution in [2.75, 3.05) is 13.1 Å². The third-order valence-electron chi connectivity index (χ3n) is 3.12. The molecule has 1 aromatic heterocycles. The molecular formula is C17H17BrN2O2S. The first-order valence-corrected chi connectivity index (χ1v) is 8.72. The number of carbonyl (C=O) groups excluding carboxylic acids is 2. The summed E-state index contributed by atoms with van der Waals surface area (Å²) in [5, 5.41) is 4.64. The predicted octanol–water partition coefficient (Wildman–Crippen LogP) is 3.46. The Hall–Kier alpha value is -1.92. The highest BCUT2D eigenvalue weighted by atomic mass is 79.9. The van der Waals surface area contributed by atoms with E-state index >= 15 is 0 Å². The lowest BCUT2D eigenvalue weighted by Crippen LogP contribution is -2.39. The van der Waals surface area contributed by atoms with E-state index < -0.39 is 0 Å². The normalized spacial score (nSPS) is 10.1. The van der Waals surface area contributed by atoms with Crippen LogP contribution in [0.25, 0.3) is 0 Å². The molecule has 2 rings (SSSR count). The summed E-state index contributed by atoms with van der Waals surface area (Å²) in [6, 6.07) is 11.0. The highest BCUT2D eigenvalue weighted by Crippen LogP contribution is 2.13. The highest BCUT2D eigenvalue weighted by Gasteiger charge is 2.15. The minimum absolute atomic E-state index is 0.0371. The average molecular weight is 393 g/mol. The second kappa shape index (κ2) is 8.64. The van der Waals surface area contributed by atoms with Crippen molar-refractivity contribution in [3.63, 3.8) is 0 Å². The summed E-state index contributed by atoms with van der Waals surface area (Å²) in [7, 11) is 0. The van der Waals surface area contributed by atoms with Gasteiger partial charge in [0, 0.05) is 21.5 Å². The molecule has 0 aliphatic heterocycles. The van der Waals surface area contributed by atoms with Crippen molar-refractivity contribution in [2.45, 2.75) is 6.54 Å². The molecule has 1 heterocycles. The summed E-state index contributed by atoms with van der Waals surface area (Å²) in [6.45, 7) is 4.62. The van der Waals surface area contributed by atoms with Gasteiger partial charge in [0.1, 0.15) is 0 Å². The van der Waals surface area contributed by atoms with E-state index in [1.165, 1.54) is 0 Å². The Kier molecular flexibility index (Phi) is 6.55. The lowest BCUT2D eigenvalue weighted by molar-refractivity contribution is -0.130. The second-order valence-electron chi connectivity index (χ2n) is 4.84. The first-order valence-electron chi connectivity index (χ1n) is 7.05. The second-order valence-corrected chi connectivity index (χ2v) is 6.78. The molecule has 0 bridgehead atoms. The van der Waals surface area contributed by atoms with E-state index in [0.29, 0.717) is 18.7 Å². The monoisotopic (exact) mass is 392 g/mol. The summed E-state index contributed by atoms with van der Waals surface area (Å²) < 4.78 is 0.822. The van der Waals surface area contributed by atoms with Crippen molar-refractivity contribution in [3.8, 4) is 0 Å². The maximum absolute atomic E-state index is 12.3. The molecule has 0 spiro atoms. The Balaban J connectivity index is 1.93. The molecule has 0 aliphatic rings. The molecule has 4 nitrogen and oxygen atoms in total. The summed E-state index contributed by atoms with van der Waals surface area (Å²) >= 11 is 4.92. The Morgan fingerprint density at radius 1 is 1.30 bits per heavy atom. The van der Waals surface area contributed by atoms with E-state index in [1.807, 2.05) is 23.6 Å². The number of rotatable bonds is 7. The van der Waals surface area contributed by atoms with Crippen LogP contribution >= 0.6 is 27.3 Å². The number of thiophene rings is 1. The van der Waals surface area contributed by atoms with Crippen LogP contribution in [0.15, 0.2) is 58.9 Å². The van der Waals surface area contributed by atoms with E-state index in [2.05, 4.69) is 27.8 Å². The molecule has 2 amide bonds. The number of hydrogen-bond donors (Lipinski definition) is 1. The quantitative estimate of drug-likeness (QED) is 0.733. The maximum atomic E-state index is 12.3. The van der Waals surface area contributed by atoms with E-state index in [-0.39, 0.29) is 18.4 Å².